The molecule has 0 N–H and O–H groups in total. The molecule has 0 bridgehead atoms. The molecule has 4 aromatic carbocycles. The molecule has 1 unspecified atom stereocenters. The second-order valence-corrected chi connectivity index (χ2v) is 11.7. The van der Waals surface area contributed by atoms with E-state index in [0.717, 1.165) is 31.6 Å². The summed E-state index contributed by atoms with van der Waals surface area (Å²) in [4.78, 5) is 17.7. The molecule has 0 saturated carbocycles. The fourth-order valence-electron chi connectivity index (χ4n) is 6.47. The van der Waals surface area contributed by atoms with Crippen molar-refractivity contribution in [2.75, 3.05) is 24.5 Å². The molecule has 0 radical (unpaired) electrons. The number of amides is 1. The van der Waals surface area contributed by atoms with Crippen LogP contribution in [0.1, 0.15) is 96.9 Å². The number of hydrogen-bond donors (Lipinski definition) is 0. The van der Waals surface area contributed by atoms with Gasteiger partial charge in [-0.25, -0.2) is 0 Å². The van der Waals surface area contributed by atoms with Gasteiger partial charge in [0.05, 0.1) is 6.04 Å². The van der Waals surface area contributed by atoms with Gasteiger partial charge in [-0.1, -0.05) is 123 Å². The van der Waals surface area contributed by atoms with Crippen molar-refractivity contribution in [2.24, 2.45) is 0 Å². The van der Waals surface area contributed by atoms with Gasteiger partial charge in [0, 0.05) is 36.8 Å². The lowest BCUT2D eigenvalue weighted by molar-refractivity contribution is 0.0673. The Balaban J connectivity index is 0.000000189. The van der Waals surface area contributed by atoms with Crippen LogP contribution in [-0.2, 0) is 6.42 Å². The van der Waals surface area contributed by atoms with E-state index >= 15 is 0 Å². The van der Waals surface area contributed by atoms with Gasteiger partial charge in [0.1, 0.15) is 0 Å². The fourth-order valence-corrected chi connectivity index (χ4v) is 6.47. The Labute approximate surface area is 253 Å². The zero-order valence-electron chi connectivity index (χ0n) is 25.4. The monoisotopic (exact) mass is 558 g/mol. The smallest absolute Gasteiger partial charge is 0.254 e. The summed E-state index contributed by atoms with van der Waals surface area (Å²) in [5.74, 6) is 0.728. The molecule has 0 spiro atoms. The van der Waals surface area contributed by atoms with Crippen LogP contribution in [0.4, 0.5) is 5.69 Å². The third-order valence-corrected chi connectivity index (χ3v) is 8.91. The van der Waals surface area contributed by atoms with Crippen LogP contribution in [0, 0.1) is 0 Å². The summed E-state index contributed by atoms with van der Waals surface area (Å²) < 4.78 is 0. The molecule has 1 fully saturated rings. The van der Waals surface area contributed by atoms with E-state index in [1.165, 1.54) is 66.5 Å². The molecule has 1 atom stereocenters. The lowest BCUT2D eigenvalue weighted by Gasteiger charge is -2.34. The minimum Gasteiger partial charge on any atom is -0.372 e. The first-order chi connectivity index (χ1) is 20.7. The van der Waals surface area contributed by atoms with Gasteiger partial charge in [-0.3, -0.25) is 4.79 Å². The molecule has 3 heteroatoms. The van der Waals surface area contributed by atoms with Crippen LogP contribution < -0.4 is 4.90 Å². The quantitative estimate of drug-likeness (QED) is 0.226. The van der Waals surface area contributed by atoms with Gasteiger partial charge >= 0.3 is 0 Å². The number of fused-ring (bicyclic) bond motifs is 1. The van der Waals surface area contributed by atoms with Crippen molar-refractivity contribution in [3.8, 4) is 0 Å². The maximum Gasteiger partial charge on any atom is 0.254 e. The molecule has 218 valence electrons. The number of carbonyl (C=O) groups excluding carboxylic acids is 1. The predicted molar refractivity (Wildman–Crippen MR) is 176 cm³/mol. The van der Waals surface area contributed by atoms with E-state index in [1.54, 1.807) is 0 Å². The van der Waals surface area contributed by atoms with Crippen molar-refractivity contribution in [1.82, 2.24) is 4.90 Å². The molecule has 2 heterocycles. The van der Waals surface area contributed by atoms with Crippen molar-refractivity contribution < 1.29 is 4.79 Å². The Morgan fingerprint density at radius 1 is 0.667 bits per heavy atom. The number of hydrogen-bond acceptors (Lipinski definition) is 2. The minimum absolute atomic E-state index is 0.110. The van der Waals surface area contributed by atoms with E-state index in [9.17, 15) is 4.79 Å². The van der Waals surface area contributed by atoms with Gasteiger partial charge in [-0.05, 0) is 67.0 Å². The van der Waals surface area contributed by atoms with Crippen molar-refractivity contribution in [2.45, 2.75) is 70.8 Å². The van der Waals surface area contributed by atoms with E-state index in [-0.39, 0.29) is 11.9 Å². The van der Waals surface area contributed by atoms with E-state index < -0.39 is 0 Å². The second kappa shape index (κ2) is 14.9. The lowest BCUT2D eigenvalue weighted by atomic mass is 9.88. The number of rotatable bonds is 7. The van der Waals surface area contributed by atoms with E-state index in [4.69, 9.17) is 0 Å². The number of nitrogens with zero attached hydrogens (tertiary/aromatic N) is 2. The highest BCUT2D eigenvalue weighted by Crippen LogP contribution is 2.31. The molecule has 0 aromatic heterocycles. The minimum atomic E-state index is 0.110. The number of carbonyl (C=O) groups is 1. The summed E-state index contributed by atoms with van der Waals surface area (Å²) in [6.45, 7) is 7.40. The van der Waals surface area contributed by atoms with E-state index in [2.05, 4.69) is 110 Å². The van der Waals surface area contributed by atoms with Gasteiger partial charge in [0.2, 0.25) is 0 Å². The summed E-state index contributed by atoms with van der Waals surface area (Å²) in [6.07, 6.45) is 8.52. The van der Waals surface area contributed by atoms with Gasteiger partial charge in [0.15, 0.2) is 0 Å². The fraction of sp³-hybridized carbons (Fsp3) is 0.359. The first-order valence-corrected chi connectivity index (χ1v) is 16.0. The summed E-state index contributed by atoms with van der Waals surface area (Å²) in [5, 5.41) is 0. The maximum absolute atomic E-state index is 13.2. The molecule has 42 heavy (non-hydrogen) atoms. The maximum atomic E-state index is 13.2. The highest BCUT2D eigenvalue weighted by Gasteiger charge is 2.29. The standard InChI is InChI=1S/C23H28N2O.C16H18/c1-18(19-9-5-4-6-10-19)25-16-13-20-11-12-21(17-22(20)23(25)26)24-14-7-2-3-8-15-24;1-2-9-16(14-10-5-3-6-11-14)15-12-7-4-8-13-15/h4-6,9-12,17-18H,2-3,7-8,13-16H2,1H3;3-8,10-13,16H,2,9H2,1H3. The molecule has 2 aliphatic heterocycles. The second-order valence-electron chi connectivity index (χ2n) is 11.7. The number of benzene rings is 4. The molecular formula is C39H46N2O. The Kier molecular flexibility index (Phi) is 10.5. The first-order valence-electron chi connectivity index (χ1n) is 16.0. The van der Waals surface area contributed by atoms with Crippen molar-refractivity contribution in [1.29, 1.82) is 0 Å². The summed E-state index contributed by atoms with van der Waals surface area (Å²) >= 11 is 0. The highest BCUT2D eigenvalue weighted by atomic mass is 16.2. The molecule has 1 amide bonds. The highest BCUT2D eigenvalue weighted by molar-refractivity contribution is 5.98. The Hall–Kier alpha value is -3.85. The molecule has 1 saturated heterocycles. The van der Waals surface area contributed by atoms with Crippen molar-refractivity contribution >= 4 is 11.6 Å². The largest absolute Gasteiger partial charge is 0.372 e. The van der Waals surface area contributed by atoms with Crippen LogP contribution in [0.25, 0.3) is 0 Å². The van der Waals surface area contributed by atoms with Crippen LogP contribution in [0.2, 0.25) is 0 Å². The Bertz CT molecular complexity index is 1340. The summed E-state index contributed by atoms with van der Waals surface area (Å²) in [6, 6.07) is 38.6. The topological polar surface area (TPSA) is 23.6 Å². The van der Waals surface area contributed by atoms with E-state index in [1.807, 2.05) is 23.1 Å². The van der Waals surface area contributed by atoms with Gasteiger partial charge in [0.25, 0.3) is 5.91 Å². The SMILES string of the molecule is CC(c1ccccc1)N1CCc2ccc(N3CCCCCC3)cc2C1=O.CCCC(c1ccccc1)c1ccccc1. The van der Waals surface area contributed by atoms with Gasteiger partial charge in [-0.15, -0.1) is 0 Å². The average Bonchev–Trinajstić information content (AvgIpc) is 3.35. The molecule has 4 aromatic rings. The lowest BCUT2D eigenvalue weighted by Crippen LogP contribution is -2.39. The third kappa shape index (κ3) is 7.31. The first kappa shape index (κ1) is 29.6. The Morgan fingerprint density at radius 3 is 1.76 bits per heavy atom. The molecule has 3 nitrogen and oxygen atoms in total. The summed E-state index contributed by atoms with van der Waals surface area (Å²) in [7, 11) is 0. The third-order valence-electron chi connectivity index (χ3n) is 8.91. The van der Waals surface area contributed by atoms with Gasteiger partial charge in [-0.2, -0.15) is 0 Å². The van der Waals surface area contributed by atoms with Crippen LogP contribution >= 0.6 is 0 Å². The normalized spacial score (nSPS) is 15.8. The van der Waals surface area contributed by atoms with E-state index in [0.29, 0.717) is 5.92 Å². The summed E-state index contributed by atoms with van der Waals surface area (Å²) in [5.41, 5.74) is 7.37. The molecular weight excluding hydrogens is 512 g/mol. The zero-order valence-corrected chi connectivity index (χ0v) is 25.4. The van der Waals surface area contributed by atoms with Crippen LogP contribution in [0.3, 0.4) is 0 Å². The van der Waals surface area contributed by atoms with Gasteiger partial charge < -0.3 is 9.80 Å². The van der Waals surface area contributed by atoms with Crippen molar-refractivity contribution in [3.05, 3.63) is 137 Å². The molecule has 0 aliphatic carbocycles. The van der Waals surface area contributed by atoms with Crippen LogP contribution in [-0.4, -0.2) is 30.4 Å². The molecule has 2 aliphatic rings. The predicted octanol–water partition coefficient (Wildman–Crippen LogP) is 9.45. The van der Waals surface area contributed by atoms with Crippen molar-refractivity contribution in [3.63, 3.8) is 0 Å². The number of anilines is 1. The van der Waals surface area contributed by atoms with Crippen LogP contribution in [0.15, 0.2) is 109 Å². The van der Waals surface area contributed by atoms with Crippen LogP contribution in [0.5, 0.6) is 0 Å². The average molecular weight is 559 g/mol. The Morgan fingerprint density at radius 2 is 1.21 bits per heavy atom. The molecule has 6 rings (SSSR count). The zero-order chi connectivity index (χ0) is 29.1.